The van der Waals surface area contributed by atoms with Gasteiger partial charge in [-0.05, 0) is 30.7 Å². The normalized spacial score (nSPS) is 10.6. The average molecular weight is 251 g/mol. The molecule has 0 bridgehead atoms. The molecule has 1 aromatic carbocycles. The average Bonchev–Trinajstić information content (AvgIpc) is 2.93. The second kappa shape index (κ2) is 4.57. The van der Waals surface area contributed by atoms with Crippen molar-refractivity contribution in [1.29, 1.82) is 0 Å². The molecule has 0 saturated heterocycles. The van der Waals surface area contributed by atoms with Gasteiger partial charge in [-0.1, -0.05) is 12.1 Å². The summed E-state index contributed by atoms with van der Waals surface area (Å²) >= 11 is 0. The summed E-state index contributed by atoms with van der Waals surface area (Å²) < 4.78 is 1.63. The third-order valence-corrected chi connectivity index (χ3v) is 2.96. The molecular weight excluding hydrogens is 238 g/mol. The van der Waals surface area contributed by atoms with Crippen LogP contribution in [0.15, 0.2) is 59.8 Å². The highest BCUT2D eigenvalue weighted by molar-refractivity contribution is 5.54. The van der Waals surface area contributed by atoms with Gasteiger partial charge in [-0.25, -0.2) is 4.98 Å². The largest absolute Gasteiger partial charge is 0.345 e. The molecule has 0 saturated carbocycles. The van der Waals surface area contributed by atoms with Gasteiger partial charge < -0.3 is 4.98 Å². The van der Waals surface area contributed by atoms with Crippen molar-refractivity contribution in [3.05, 3.63) is 70.9 Å². The van der Waals surface area contributed by atoms with Crippen molar-refractivity contribution >= 4 is 0 Å². The van der Waals surface area contributed by atoms with Crippen molar-refractivity contribution < 1.29 is 0 Å². The predicted molar refractivity (Wildman–Crippen MR) is 74.4 cm³/mol. The molecule has 0 aliphatic heterocycles. The minimum atomic E-state index is -0.0547. The van der Waals surface area contributed by atoms with Crippen LogP contribution in [0.4, 0.5) is 0 Å². The third-order valence-electron chi connectivity index (χ3n) is 2.96. The molecule has 3 aromatic rings. The summed E-state index contributed by atoms with van der Waals surface area (Å²) in [4.78, 5) is 19.2. The first-order valence-electron chi connectivity index (χ1n) is 6.03. The summed E-state index contributed by atoms with van der Waals surface area (Å²) in [5, 5.41) is 0. The van der Waals surface area contributed by atoms with E-state index in [1.54, 1.807) is 35.3 Å². The van der Waals surface area contributed by atoms with Gasteiger partial charge in [0.1, 0.15) is 5.82 Å². The van der Waals surface area contributed by atoms with Gasteiger partial charge in [0.2, 0.25) is 0 Å². The Morgan fingerprint density at radius 1 is 1.21 bits per heavy atom. The summed E-state index contributed by atoms with van der Waals surface area (Å²) in [5.41, 5.74) is 2.80. The van der Waals surface area contributed by atoms with Gasteiger partial charge >= 0.3 is 0 Å². The molecule has 2 aromatic heterocycles. The molecule has 0 amide bonds. The lowest BCUT2D eigenvalue weighted by molar-refractivity contribution is 0.986. The van der Waals surface area contributed by atoms with Crippen LogP contribution in [0.2, 0.25) is 0 Å². The summed E-state index contributed by atoms with van der Waals surface area (Å²) in [6, 6.07) is 11.2. The maximum atomic E-state index is 12.0. The van der Waals surface area contributed by atoms with Gasteiger partial charge in [0.15, 0.2) is 0 Å². The fraction of sp³-hybridized carbons (Fsp3) is 0.0667. The molecule has 0 radical (unpaired) electrons. The lowest BCUT2D eigenvalue weighted by Crippen LogP contribution is -2.16. The number of H-pyrrole nitrogens is 1. The highest BCUT2D eigenvalue weighted by atomic mass is 16.1. The first kappa shape index (κ1) is 11.5. The Bertz CT molecular complexity index is 757. The second-order valence-corrected chi connectivity index (χ2v) is 4.40. The molecule has 0 atom stereocenters. The highest BCUT2D eigenvalue weighted by Gasteiger charge is 2.04. The molecule has 4 heteroatoms. The van der Waals surface area contributed by atoms with E-state index in [1.165, 1.54) is 0 Å². The number of aromatic nitrogens is 3. The summed E-state index contributed by atoms with van der Waals surface area (Å²) in [5.74, 6) is 0.751. The molecular formula is C15H13N3O. The van der Waals surface area contributed by atoms with E-state index in [4.69, 9.17) is 0 Å². The van der Waals surface area contributed by atoms with Crippen molar-refractivity contribution in [3.8, 4) is 17.1 Å². The van der Waals surface area contributed by atoms with E-state index in [2.05, 4.69) is 9.97 Å². The molecule has 2 heterocycles. The zero-order chi connectivity index (χ0) is 13.2. The van der Waals surface area contributed by atoms with Crippen LogP contribution < -0.4 is 5.56 Å². The van der Waals surface area contributed by atoms with Gasteiger partial charge in [0.25, 0.3) is 5.56 Å². The van der Waals surface area contributed by atoms with Gasteiger partial charge in [-0.2, -0.15) is 0 Å². The Kier molecular flexibility index (Phi) is 2.76. The first-order chi connectivity index (χ1) is 9.24. The maximum absolute atomic E-state index is 12.0. The summed E-state index contributed by atoms with van der Waals surface area (Å²) in [6.07, 6.45) is 5.25. The van der Waals surface area contributed by atoms with E-state index in [0.29, 0.717) is 0 Å². The lowest BCUT2D eigenvalue weighted by Gasteiger charge is -2.08. The van der Waals surface area contributed by atoms with Gasteiger partial charge in [0.05, 0.1) is 0 Å². The van der Waals surface area contributed by atoms with E-state index in [9.17, 15) is 4.79 Å². The lowest BCUT2D eigenvalue weighted by atomic mass is 10.2. The molecule has 0 fully saturated rings. The van der Waals surface area contributed by atoms with Crippen LogP contribution in [0.1, 0.15) is 5.56 Å². The number of rotatable bonds is 2. The van der Waals surface area contributed by atoms with Crippen molar-refractivity contribution in [2.45, 2.75) is 6.92 Å². The van der Waals surface area contributed by atoms with Crippen molar-refractivity contribution in [1.82, 2.24) is 14.5 Å². The number of pyridine rings is 1. The quantitative estimate of drug-likeness (QED) is 0.761. The van der Waals surface area contributed by atoms with Crippen LogP contribution in [-0.4, -0.2) is 14.5 Å². The van der Waals surface area contributed by atoms with E-state index in [0.717, 1.165) is 22.6 Å². The Balaban J connectivity index is 2.16. The predicted octanol–water partition coefficient (Wildman–Crippen LogP) is 2.54. The standard InChI is InChI=1S/C15H13N3O/c1-11-3-2-4-13(9-11)18-10-12(5-6-14(18)19)15-16-7-8-17-15/h2-10H,1H3,(H,16,17). The van der Waals surface area contributed by atoms with E-state index in [-0.39, 0.29) is 5.56 Å². The molecule has 0 spiro atoms. The van der Waals surface area contributed by atoms with E-state index in [1.807, 2.05) is 31.2 Å². The zero-order valence-corrected chi connectivity index (χ0v) is 10.5. The first-order valence-corrected chi connectivity index (χ1v) is 6.03. The fourth-order valence-electron chi connectivity index (χ4n) is 2.03. The molecule has 0 unspecified atom stereocenters. The van der Waals surface area contributed by atoms with Crippen molar-refractivity contribution in [2.75, 3.05) is 0 Å². The SMILES string of the molecule is Cc1cccc(-n2cc(-c3ncc[nH]3)ccc2=O)c1. The number of benzene rings is 1. The zero-order valence-electron chi connectivity index (χ0n) is 10.5. The molecule has 0 aliphatic carbocycles. The molecule has 4 nitrogen and oxygen atoms in total. The number of nitrogens with zero attached hydrogens (tertiary/aromatic N) is 2. The molecule has 94 valence electrons. The topological polar surface area (TPSA) is 50.7 Å². The monoisotopic (exact) mass is 251 g/mol. The van der Waals surface area contributed by atoms with Crippen molar-refractivity contribution in [2.24, 2.45) is 0 Å². The highest BCUT2D eigenvalue weighted by Crippen LogP contribution is 2.15. The Morgan fingerprint density at radius 3 is 2.84 bits per heavy atom. The molecule has 19 heavy (non-hydrogen) atoms. The van der Waals surface area contributed by atoms with Crippen LogP contribution >= 0.6 is 0 Å². The number of hydrogen-bond acceptors (Lipinski definition) is 2. The smallest absolute Gasteiger partial charge is 0.255 e. The van der Waals surface area contributed by atoms with Crippen LogP contribution in [0.5, 0.6) is 0 Å². The fourth-order valence-corrected chi connectivity index (χ4v) is 2.03. The number of aryl methyl sites for hydroxylation is 1. The summed E-state index contributed by atoms with van der Waals surface area (Å²) in [7, 11) is 0. The van der Waals surface area contributed by atoms with Crippen LogP contribution in [0.25, 0.3) is 17.1 Å². The molecule has 3 rings (SSSR count). The number of imidazole rings is 1. The Hall–Kier alpha value is -2.62. The Labute approximate surface area is 110 Å². The Morgan fingerprint density at radius 2 is 2.11 bits per heavy atom. The van der Waals surface area contributed by atoms with Gasteiger partial charge in [0, 0.05) is 35.9 Å². The second-order valence-electron chi connectivity index (χ2n) is 4.40. The van der Waals surface area contributed by atoms with Gasteiger partial charge in [-0.3, -0.25) is 9.36 Å². The number of hydrogen-bond donors (Lipinski definition) is 1. The number of nitrogens with one attached hydrogen (secondary N) is 1. The summed E-state index contributed by atoms with van der Waals surface area (Å²) in [6.45, 7) is 2.00. The van der Waals surface area contributed by atoms with Crippen molar-refractivity contribution in [3.63, 3.8) is 0 Å². The number of aromatic amines is 1. The minimum Gasteiger partial charge on any atom is -0.345 e. The third kappa shape index (κ3) is 2.20. The maximum Gasteiger partial charge on any atom is 0.255 e. The van der Waals surface area contributed by atoms with Gasteiger partial charge in [-0.15, -0.1) is 0 Å². The van der Waals surface area contributed by atoms with Crippen LogP contribution in [0, 0.1) is 6.92 Å². The minimum absolute atomic E-state index is 0.0547. The van der Waals surface area contributed by atoms with E-state index >= 15 is 0 Å². The van der Waals surface area contributed by atoms with Crippen LogP contribution in [-0.2, 0) is 0 Å². The molecule has 0 aliphatic rings. The molecule has 1 N–H and O–H groups in total. The van der Waals surface area contributed by atoms with Crippen LogP contribution in [0.3, 0.4) is 0 Å². The van der Waals surface area contributed by atoms with E-state index < -0.39 is 0 Å².